The van der Waals surface area contributed by atoms with Crippen LogP contribution < -0.4 is 5.73 Å². The van der Waals surface area contributed by atoms with Crippen molar-refractivity contribution >= 4 is 0 Å². The predicted octanol–water partition coefficient (Wildman–Crippen LogP) is 3.56. The molecule has 0 saturated carbocycles. The van der Waals surface area contributed by atoms with Crippen LogP contribution in [0.25, 0.3) is 0 Å². The number of rotatable bonds is 2. The highest BCUT2D eigenvalue weighted by Gasteiger charge is 2.14. The van der Waals surface area contributed by atoms with E-state index in [2.05, 4.69) is 6.08 Å². The second-order valence-corrected chi connectivity index (χ2v) is 4.23. The first kappa shape index (κ1) is 10.5. The standard InChI is InChI=1S/C13H19NO/c14-13(12-9-6-10-15-12)11-7-4-2-1-3-5-8-11/h6-7,9-10,13H,1-5,8,14H2/b11-7+. The van der Waals surface area contributed by atoms with Crippen molar-refractivity contribution in [3.8, 4) is 0 Å². The van der Waals surface area contributed by atoms with Crippen LogP contribution in [0.15, 0.2) is 34.5 Å². The summed E-state index contributed by atoms with van der Waals surface area (Å²) >= 11 is 0. The van der Waals surface area contributed by atoms with Gasteiger partial charge in [-0.25, -0.2) is 0 Å². The summed E-state index contributed by atoms with van der Waals surface area (Å²) < 4.78 is 5.35. The van der Waals surface area contributed by atoms with Gasteiger partial charge in [0.25, 0.3) is 0 Å². The van der Waals surface area contributed by atoms with Crippen molar-refractivity contribution in [2.45, 2.75) is 44.6 Å². The third-order valence-corrected chi connectivity index (χ3v) is 3.08. The number of nitrogens with two attached hydrogens (primary N) is 1. The van der Waals surface area contributed by atoms with Crippen molar-refractivity contribution in [2.24, 2.45) is 5.73 Å². The van der Waals surface area contributed by atoms with Crippen LogP contribution in [0, 0.1) is 0 Å². The molecule has 1 aromatic rings. The minimum Gasteiger partial charge on any atom is -0.467 e. The first-order valence-electron chi connectivity index (χ1n) is 5.86. The van der Waals surface area contributed by atoms with Gasteiger partial charge in [-0.05, 0) is 43.4 Å². The van der Waals surface area contributed by atoms with Gasteiger partial charge < -0.3 is 10.2 Å². The maximum absolute atomic E-state index is 6.17. The van der Waals surface area contributed by atoms with Gasteiger partial charge in [0.1, 0.15) is 5.76 Å². The van der Waals surface area contributed by atoms with Gasteiger partial charge in [0.2, 0.25) is 0 Å². The fourth-order valence-electron chi connectivity index (χ4n) is 2.15. The first-order valence-corrected chi connectivity index (χ1v) is 5.86. The Bertz CT molecular complexity index is 313. The summed E-state index contributed by atoms with van der Waals surface area (Å²) in [5.41, 5.74) is 7.52. The molecule has 1 aliphatic carbocycles. The first-order chi connectivity index (χ1) is 7.38. The number of hydrogen-bond acceptors (Lipinski definition) is 2. The van der Waals surface area contributed by atoms with Crippen molar-refractivity contribution in [3.63, 3.8) is 0 Å². The van der Waals surface area contributed by atoms with Crippen molar-refractivity contribution in [1.29, 1.82) is 0 Å². The molecule has 0 spiro atoms. The number of furan rings is 1. The monoisotopic (exact) mass is 205 g/mol. The molecule has 2 N–H and O–H groups in total. The molecular weight excluding hydrogens is 186 g/mol. The zero-order valence-electron chi connectivity index (χ0n) is 9.11. The van der Waals surface area contributed by atoms with Crippen molar-refractivity contribution in [2.75, 3.05) is 0 Å². The molecule has 0 saturated heterocycles. The molecule has 1 heterocycles. The lowest BCUT2D eigenvalue weighted by Gasteiger charge is -2.16. The molecule has 0 fully saturated rings. The maximum Gasteiger partial charge on any atom is 0.124 e. The lowest BCUT2D eigenvalue weighted by Crippen LogP contribution is -2.13. The third kappa shape index (κ3) is 2.72. The number of hydrogen-bond donors (Lipinski definition) is 1. The molecule has 0 amide bonds. The van der Waals surface area contributed by atoms with Crippen LogP contribution in [0.4, 0.5) is 0 Å². The average Bonchev–Trinajstić information content (AvgIpc) is 2.68. The van der Waals surface area contributed by atoms with Crippen LogP contribution in [0.2, 0.25) is 0 Å². The predicted molar refractivity (Wildman–Crippen MR) is 61.4 cm³/mol. The van der Waals surface area contributed by atoms with Crippen LogP contribution in [0.1, 0.15) is 50.3 Å². The topological polar surface area (TPSA) is 39.2 Å². The van der Waals surface area contributed by atoms with Crippen LogP contribution in [0.3, 0.4) is 0 Å². The summed E-state index contributed by atoms with van der Waals surface area (Å²) in [6, 6.07) is 3.83. The van der Waals surface area contributed by atoms with E-state index < -0.39 is 0 Å². The fourth-order valence-corrected chi connectivity index (χ4v) is 2.15. The van der Waals surface area contributed by atoms with E-state index in [-0.39, 0.29) is 6.04 Å². The molecule has 0 radical (unpaired) electrons. The van der Waals surface area contributed by atoms with Gasteiger partial charge in [0.15, 0.2) is 0 Å². The molecule has 15 heavy (non-hydrogen) atoms. The van der Waals surface area contributed by atoms with Gasteiger partial charge in [-0.1, -0.05) is 18.9 Å². The largest absolute Gasteiger partial charge is 0.467 e. The molecule has 2 heteroatoms. The van der Waals surface area contributed by atoms with E-state index in [1.165, 1.54) is 37.7 Å². The zero-order chi connectivity index (χ0) is 10.5. The summed E-state index contributed by atoms with van der Waals surface area (Å²) in [6.07, 6.45) is 11.6. The van der Waals surface area contributed by atoms with Crippen molar-refractivity contribution in [1.82, 2.24) is 0 Å². The summed E-state index contributed by atoms with van der Waals surface area (Å²) in [6.45, 7) is 0. The lowest BCUT2D eigenvalue weighted by molar-refractivity contribution is 0.477. The van der Waals surface area contributed by atoms with Gasteiger partial charge >= 0.3 is 0 Å². The highest BCUT2D eigenvalue weighted by Crippen LogP contribution is 2.26. The molecule has 82 valence electrons. The van der Waals surface area contributed by atoms with Crippen molar-refractivity contribution in [3.05, 3.63) is 35.8 Å². The van der Waals surface area contributed by atoms with Crippen LogP contribution in [-0.4, -0.2) is 0 Å². The van der Waals surface area contributed by atoms with Gasteiger partial charge in [0.05, 0.1) is 12.3 Å². The van der Waals surface area contributed by atoms with E-state index in [0.717, 1.165) is 12.2 Å². The number of allylic oxidation sites excluding steroid dienone is 1. The summed E-state index contributed by atoms with van der Waals surface area (Å²) in [5, 5.41) is 0. The third-order valence-electron chi connectivity index (χ3n) is 3.08. The Hall–Kier alpha value is -1.02. The molecule has 1 aromatic heterocycles. The Labute approximate surface area is 91.2 Å². The van der Waals surface area contributed by atoms with E-state index in [1.54, 1.807) is 6.26 Å². The normalized spacial score (nSPS) is 23.7. The second kappa shape index (κ2) is 5.17. The molecule has 2 rings (SSSR count). The Kier molecular flexibility index (Phi) is 3.62. The van der Waals surface area contributed by atoms with E-state index in [0.29, 0.717) is 0 Å². The molecule has 0 bridgehead atoms. The molecule has 1 aliphatic rings. The van der Waals surface area contributed by atoms with Crippen LogP contribution >= 0.6 is 0 Å². The minimum absolute atomic E-state index is 0.0295. The SMILES string of the molecule is NC(/C1=C/CCCCCC1)c1ccco1. The van der Waals surface area contributed by atoms with Crippen LogP contribution in [0.5, 0.6) is 0 Å². The highest BCUT2D eigenvalue weighted by atomic mass is 16.3. The van der Waals surface area contributed by atoms with E-state index >= 15 is 0 Å². The van der Waals surface area contributed by atoms with E-state index in [1.807, 2.05) is 12.1 Å². The van der Waals surface area contributed by atoms with Gasteiger partial charge in [-0.3, -0.25) is 0 Å². The zero-order valence-corrected chi connectivity index (χ0v) is 9.11. The molecule has 1 atom stereocenters. The lowest BCUT2D eigenvalue weighted by atomic mass is 9.94. The molecule has 2 nitrogen and oxygen atoms in total. The van der Waals surface area contributed by atoms with Gasteiger partial charge in [-0.2, -0.15) is 0 Å². The average molecular weight is 205 g/mol. The van der Waals surface area contributed by atoms with E-state index in [9.17, 15) is 0 Å². The van der Waals surface area contributed by atoms with Gasteiger partial charge in [0, 0.05) is 0 Å². The molecule has 0 aliphatic heterocycles. The minimum atomic E-state index is -0.0295. The smallest absolute Gasteiger partial charge is 0.124 e. The maximum atomic E-state index is 6.17. The Morgan fingerprint density at radius 2 is 2.07 bits per heavy atom. The fraction of sp³-hybridized carbons (Fsp3) is 0.538. The second-order valence-electron chi connectivity index (χ2n) is 4.23. The summed E-state index contributed by atoms with van der Waals surface area (Å²) in [4.78, 5) is 0. The Balaban J connectivity index is 2.07. The van der Waals surface area contributed by atoms with E-state index in [4.69, 9.17) is 10.2 Å². The molecule has 1 unspecified atom stereocenters. The Morgan fingerprint density at radius 1 is 1.20 bits per heavy atom. The highest BCUT2D eigenvalue weighted by molar-refractivity contribution is 5.20. The summed E-state index contributed by atoms with van der Waals surface area (Å²) in [5.74, 6) is 0.891. The Morgan fingerprint density at radius 3 is 2.87 bits per heavy atom. The summed E-state index contributed by atoms with van der Waals surface area (Å²) in [7, 11) is 0. The van der Waals surface area contributed by atoms with Gasteiger partial charge in [-0.15, -0.1) is 0 Å². The quantitative estimate of drug-likeness (QED) is 0.750. The molecule has 0 aromatic carbocycles. The van der Waals surface area contributed by atoms with Crippen LogP contribution in [-0.2, 0) is 0 Å². The molecular formula is C13H19NO. The van der Waals surface area contributed by atoms with Crippen molar-refractivity contribution < 1.29 is 4.42 Å².